The van der Waals surface area contributed by atoms with E-state index in [1.807, 2.05) is 0 Å². The van der Waals surface area contributed by atoms with E-state index in [2.05, 4.69) is 46.4 Å². The summed E-state index contributed by atoms with van der Waals surface area (Å²) in [6.45, 7) is 15.1. The summed E-state index contributed by atoms with van der Waals surface area (Å²) in [5.41, 5.74) is 1.05. The normalized spacial score (nSPS) is 30.5. The highest BCUT2D eigenvalue weighted by Crippen LogP contribution is 2.41. The summed E-state index contributed by atoms with van der Waals surface area (Å²) in [5, 5.41) is 0. The summed E-state index contributed by atoms with van der Waals surface area (Å²) in [7, 11) is 0. The Kier molecular flexibility index (Phi) is 16.2. The summed E-state index contributed by atoms with van der Waals surface area (Å²) in [6.07, 6.45) is 39.8. The van der Waals surface area contributed by atoms with Gasteiger partial charge in [0, 0.05) is 18.1 Å². The second-order valence-corrected chi connectivity index (χ2v) is 16.7. The van der Waals surface area contributed by atoms with Crippen LogP contribution in [0.5, 0.6) is 0 Å². The molecule has 0 N–H and O–H groups in total. The first-order valence-corrected chi connectivity index (χ1v) is 19.6. The summed E-state index contributed by atoms with van der Waals surface area (Å²) in [4.78, 5) is 3.30. The van der Waals surface area contributed by atoms with Crippen molar-refractivity contribution in [1.29, 1.82) is 0 Å². The number of hydrogen-bond donors (Lipinski definition) is 0. The molecule has 0 saturated heterocycles. The second kappa shape index (κ2) is 18.7. The summed E-state index contributed by atoms with van der Waals surface area (Å²) >= 11 is 0. The van der Waals surface area contributed by atoms with Crippen LogP contribution < -0.4 is 0 Å². The monoisotopic (exact) mass is 572 g/mol. The molecule has 1 heteroatoms. The maximum absolute atomic E-state index is 3.30. The highest BCUT2D eigenvalue weighted by molar-refractivity contribution is 4.89. The maximum Gasteiger partial charge on any atom is 0.0101 e. The SMILES string of the molecule is CCC(C)(C)C1CCCCCC(N(C2CCCCCCCCC2)C2CCCCC(C(C)(C)CC)CCC2)CCCC1. The van der Waals surface area contributed by atoms with Crippen LogP contribution in [0.25, 0.3) is 0 Å². The Morgan fingerprint density at radius 1 is 0.366 bits per heavy atom. The third-order valence-electron chi connectivity index (χ3n) is 13.2. The highest BCUT2D eigenvalue weighted by Gasteiger charge is 2.34. The molecule has 0 aromatic carbocycles. The first-order chi connectivity index (χ1) is 19.8. The van der Waals surface area contributed by atoms with Crippen molar-refractivity contribution in [2.45, 2.75) is 233 Å². The summed E-state index contributed by atoms with van der Waals surface area (Å²) in [6, 6.07) is 2.57. The van der Waals surface area contributed by atoms with E-state index in [9.17, 15) is 0 Å². The minimum Gasteiger partial charge on any atom is -0.294 e. The van der Waals surface area contributed by atoms with E-state index in [0.29, 0.717) is 10.8 Å². The molecule has 0 aromatic rings. The molecular formula is C40H77N. The molecule has 4 atom stereocenters. The van der Waals surface area contributed by atoms with Crippen molar-refractivity contribution in [2.24, 2.45) is 22.7 Å². The van der Waals surface area contributed by atoms with Crippen molar-refractivity contribution in [3.63, 3.8) is 0 Å². The fourth-order valence-corrected chi connectivity index (χ4v) is 9.38. The Labute approximate surface area is 260 Å². The van der Waals surface area contributed by atoms with Gasteiger partial charge in [0.1, 0.15) is 0 Å². The number of rotatable bonds is 7. The molecule has 0 bridgehead atoms. The van der Waals surface area contributed by atoms with Gasteiger partial charge in [-0.25, -0.2) is 0 Å². The van der Waals surface area contributed by atoms with Crippen molar-refractivity contribution >= 4 is 0 Å². The predicted octanol–water partition coefficient (Wildman–Crippen LogP) is 13.3. The van der Waals surface area contributed by atoms with E-state index in [1.54, 1.807) is 0 Å². The van der Waals surface area contributed by atoms with E-state index in [0.717, 1.165) is 30.0 Å². The molecule has 3 saturated carbocycles. The number of nitrogens with zero attached hydrogens (tertiary/aromatic N) is 1. The van der Waals surface area contributed by atoms with Crippen LogP contribution in [0.1, 0.15) is 215 Å². The fraction of sp³-hybridized carbons (Fsp3) is 1.00. The third-order valence-corrected chi connectivity index (χ3v) is 13.2. The Morgan fingerprint density at radius 3 is 1.00 bits per heavy atom. The number of hydrogen-bond acceptors (Lipinski definition) is 1. The summed E-state index contributed by atoms with van der Waals surface area (Å²) in [5.74, 6) is 1.87. The molecule has 4 unspecified atom stereocenters. The van der Waals surface area contributed by atoms with Crippen LogP contribution >= 0.6 is 0 Å². The molecule has 0 aromatic heterocycles. The smallest absolute Gasteiger partial charge is 0.0101 e. The van der Waals surface area contributed by atoms with Crippen LogP contribution in [0.2, 0.25) is 0 Å². The minimum absolute atomic E-state index is 0.523. The largest absolute Gasteiger partial charge is 0.294 e. The quantitative estimate of drug-likeness (QED) is 0.294. The van der Waals surface area contributed by atoms with E-state index in [1.165, 1.54) is 173 Å². The van der Waals surface area contributed by atoms with Crippen LogP contribution in [0.4, 0.5) is 0 Å². The van der Waals surface area contributed by atoms with Gasteiger partial charge in [0.25, 0.3) is 0 Å². The molecule has 0 heterocycles. The lowest BCUT2D eigenvalue weighted by Crippen LogP contribution is -2.50. The average Bonchev–Trinajstić information content (AvgIpc) is 3.05. The zero-order valence-corrected chi connectivity index (χ0v) is 29.4. The van der Waals surface area contributed by atoms with Crippen LogP contribution in [-0.4, -0.2) is 23.0 Å². The van der Waals surface area contributed by atoms with E-state index < -0.39 is 0 Å². The minimum atomic E-state index is 0.523. The molecule has 0 spiro atoms. The average molecular weight is 572 g/mol. The van der Waals surface area contributed by atoms with Crippen molar-refractivity contribution in [3.8, 4) is 0 Å². The second-order valence-electron chi connectivity index (χ2n) is 16.7. The predicted molar refractivity (Wildman–Crippen MR) is 184 cm³/mol. The van der Waals surface area contributed by atoms with Gasteiger partial charge < -0.3 is 0 Å². The van der Waals surface area contributed by atoms with Gasteiger partial charge in [-0.1, -0.05) is 151 Å². The van der Waals surface area contributed by atoms with Crippen molar-refractivity contribution in [1.82, 2.24) is 4.90 Å². The molecule has 0 aliphatic heterocycles. The Balaban J connectivity index is 1.78. The Hall–Kier alpha value is -0.0400. The first kappa shape index (κ1) is 35.4. The van der Waals surface area contributed by atoms with Gasteiger partial charge in [0.15, 0.2) is 0 Å². The molecule has 41 heavy (non-hydrogen) atoms. The third kappa shape index (κ3) is 11.8. The van der Waals surface area contributed by atoms with Gasteiger partial charge in [-0.15, -0.1) is 0 Å². The zero-order chi connectivity index (χ0) is 29.6. The van der Waals surface area contributed by atoms with Crippen LogP contribution in [0.15, 0.2) is 0 Å². The lowest BCUT2D eigenvalue weighted by molar-refractivity contribution is 0.0407. The molecule has 0 radical (unpaired) electrons. The Bertz CT molecular complexity index is 654. The van der Waals surface area contributed by atoms with E-state index in [4.69, 9.17) is 0 Å². The lowest BCUT2D eigenvalue weighted by Gasteiger charge is -2.45. The topological polar surface area (TPSA) is 3.24 Å². The van der Waals surface area contributed by atoms with Gasteiger partial charge in [0.05, 0.1) is 0 Å². The molecule has 3 aliphatic carbocycles. The van der Waals surface area contributed by atoms with Crippen LogP contribution in [0.3, 0.4) is 0 Å². The standard InChI is InChI=1S/C40H77N/c1-7-39(3,4)34-24-15-14-18-30-37(31-21-19-25-34)41(36-28-16-12-10-9-11-13-17-29-36)38-32-22-20-26-35(27-23-33-38)40(5,6)8-2/h34-38H,7-33H2,1-6H3. The first-order valence-electron chi connectivity index (χ1n) is 19.6. The van der Waals surface area contributed by atoms with Crippen molar-refractivity contribution in [3.05, 3.63) is 0 Å². The molecule has 242 valence electrons. The van der Waals surface area contributed by atoms with E-state index >= 15 is 0 Å². The Morgan fingerprint density at radius 2 is 0.610 bits per heavy atom. The van der Waals surface area contributed by atoms with Gasteiger partial charge >= 0.3 is 0 Å². The lowest BCUT2D eigenvalue weighted by atomic mass is 9.72. The van der Waals surface area contributed by atoms with Gasteiger partial charge in [-0.2, -0.15) is 0 Å². The summed E-state index contributed by atoms with van der Waals surface area (Å²) < 4.78 is 0. The highest BCUT2D eigenvalue weighted by atomic mass is 15.2. The van der Waals surface area contributed by atoms with Crippen LogP contribution in [-0.2, 0) is 0 Å². The fourth-order valence-electron chi connectivity index (χ4n) is 9.38. The molecule has 3 rings (SSSR count). The van der Waals surface area contributed by atoms with E-state index in [-0.39, 0.29) is 0 Å². The van der Waals surface area contributed by atoms with Gasteiger partial charge in [-0.05, 0) is 86.9 Å². The molecule has 3 fully saturated rings. The maximum atomic E-state index is 3.30. The van der Waals surface area contributed by atoms with Gasteiger partial charge in [0.2, 0.25) is 0 Å². The molecule has 3 aliphatic rings. The molecule has 0 amide bonds. The zero-order valence-electron chi connectivity index (χ0n) is 29.4. The molecule has 1 nitrogen and oxygen atoms in total. The van der Waals surface area contributed by atoms with Crippen LogP contribution in [0, 0.1) is 22.7 Å². The molecular weight excluding hydrogens is 494 g/mol. The van der Waals surface area contributed by atoms with Crippen molar-refractivity contribution in [2.75, 3.05) is 0 Å². The van der Waals surface area contributed by atoms with Crippen molar-refractivity contribution < 1.29 is 0 Å². The van der Waals surface area contributed by atoms with Gasteiger partial charge in [-0.3, -0.25) is 4.90 Å².